The van der Waals surface area contributed by atoms with Crippen LogP contribution in [0.2, 0.25) is 0 Å². The Morgan fingerprint density at radius 1 is 1.42 bits per heavy atom. The van der Waals surface area contributed by atoms with Gasteiger partial charge in [-0.25, -0.2) is 0 Å². The van der Waals surface area contributed by atoms with E-state index in [0.29, 0.717) is 11.8 Å². The van der Waals surface area contributed by atoms with Gasteiger partial charge in [0.1, 0.15) is 0 Å². The molecule has 0 heterocycles. The van der Waals surface area contributed by atoms with Crippen molar-refractivity contribution in [3.8, 4) is 0 Å². The highest BCUT2D eigenvalue weighted by Crippen LogP contribution is 2.57. The summed E-state index contributed by atoms with van der Waals surface area (Å²) in [6, 6.07) is 0. The monoisotopic (exact) mass is 167 g/mol. The first kappa shape index (κ1) is 8.09. The van der Waals surface area contributed by atoms with Crippen LogP contribution in [0.15, 0.2) is 0 Å². The number of carbonyl (C=O) groups is 1. The van der Waals surface area contributed by atoms with E-state index in [0.717, 1.165) is 24.8 Å². The molecule has 2 fully saturated rings. The van der Waals surface area contributed by atoms with Crippen molar-refractivity contribution in [2.45, 2.75) is 32.6 Å². The number of rotatable bonds is 3. The normalized spacial score (nSPS) is 37.6. The van der Waals surface area contributed by atoms with Gasteiger partial charge in [0.2, 0.25) is 5.91 Å². The lowest BCUT2D eigenvalue weighted by Gasteiger charge is -2.04. The third-order valence-electron chi connectivity index (χ3n) is 3.26. The Kier molecular flexibility index (Phi) is 2.07. The standard InChI is InChI=1S/C10H17NO/c1-2-6-11-10(12)9-7-4-3-5-8(7)9/h7-9H,2-6H2,1H3,(H,11,12). The number of hydrogen-bond acceptors (Lipinski definition) is 1. The Balaban J connectivity index is 1.76. The van der Waals surface area contributed by atoms with Gasteiger partial charge in [-0.1, -0.05) is 13.3 Å². The average Bonchev–Trinajstić information content (AvgIpc) is 2.56. The molecule has 2 aliphatic rings. The number of fused-ring (bicyclic) bond motifs is 1. The second-order valence-electron chi connectivity index (χ2n) is 4.08. The van der Waals surface area contributed by atoms with Crippen molar-refractivity contribution >= 4 is 5.91 Å². The number of carbonyl (C=O) groups excluding carboxylic acids is 1. The van der Waals surface area contributed by atoms with Gasteiger partial charge in [0.05, 0.1) is 0 Å². The van der Waals surface area contributed by atoms with Crippen LogP contribution in [-0.4, -0.2) is 12.5 Å². The molecule has 0 saturated heterocycles. The maximum absolute atomic E-state index is 11.5. The van der Waals surface area contributed by atoms with Crippen LogP contribution < -0.4 is 5.32 Å². The van der Waals surface area contributed by atoms with Crippen molar-refractivity contribution in [2.75, 3.05) is 6.54 Å². The molecule has 0 bridgehead atoms. The SMILES string of the molecule is CCCNC(=O)C1C2CCCC21. The fraction of sp³-hybridized carbons (Fsp3) is 0.900. The molecule has 2 saturated carbocycles. The molecule has 0 aromatic heterocycles. The quantitative estimate of drug-likeness (QED) is 0.679. The Hall–Kier alpha value is -0.530. The molecule has 2 rings (SSSR count). The minimum atomic E-state index is 0.326. The van der Waals surface area contributed by atoms with Crippen molar-refractivity contribution in [2.24, 2.45) is 17.8 Å². The summed E-state index contributed by atoms with van der Waals surface area (Å²) in [5, 5.41) is 2.98. The van der Waals surface area contributed by atoms with Gasteiger partial charge in [-0.15, -0.1) is 0 Å². The van der Waals surface area contributed by atoms with E-state index in [9.17, 15) is 4.79 Å². The van der Waals surface area contributed by atoms with Crippen molar-refractivity contribution in [1.29, 1.82) is 0 Å². The van der Waals surface area contributed by atoms with Crippen LogP contribution in [0.3, 0.4) is 0 Å². The van der Waals surface area contributed by atoms with E-state index in [-0.39, 0.29) is 0 Å². The Morgan fingerprint density at radius 2 is 2.08 bits per heavy atom. The Labute approximate surface area is 73.7 Å². The van der Waals surface area contributed by atoms with Crippen molar-refractivity contribution in [1.82, 2.24) is 5.32 Å². The van der Waals surface area contributed by atoms with Crippen molar-refractivity contribution < 1.29 is 4.79 Å². The van der Waals surface area contributed by atoms with Crippen molar-refractivity contribution in [3.05, 3.63) is 0 Å². The zero-order valence-corrected chi connectivity index (χ0v) is 7.68. The summed E-state index contributed by atoms with van der Waals surface area (Å²) in [7, 11) is 0. The smallest absolute Gasteiger partial charge is 0.223 e. The fourth-order valence-electron chi connectivity index (χ4n) is 2.58. The highest BCUT2D eigenvalue weighted by molar-refractivity contribution is 5.82. The van der Waals surface area contributed by atoms with E-state index in [1.807, 2.05) is 0 Å². The molecule has 0 aromatic carbocycles. The average molecular weight is 167 g/mol. The summed E-state index contributed by atoms with van der Waals surface area (Å²) >= 11 is 0. The van der Waals surface area contributed by atoms with Crippen molar-refractivity contribution in [3.63, 3.8) is 0 Å². The van der Waals surface area contributed by atoms with Crippen LogP contribution in [0.25, 0.3) is 0 Å². The van der Waals surface area contributed by atoms with Gasteiger partial charge < -0.3 is 5.32 Å². The molecule has 68 valence electrons. The van der Waals surface area contributed by atoms with Crippen LogP contribution >= 0.6 is 0 Å². The topological polar surface area (TPSA) is 29.1 Å². The first-order valence-electron chi connectivity index (χ1n) is 5.12. The zero-order chi connectivity index (χ0) is 8.55. The van der Waals surface area contributed by atoms with E-state index in [2.05, 4.69) is 12.2 Å². The molecule has 2 unspecified atom stereocenters. The van der Waals surface area contributed by atoms with Gasteiger partial charge in [-0.3, -0.25) is 4.79 Å². The first-order chi connectivity index (χ1) is 5.84. The summed E-state index contributed by atoms with van der Waals surface area (Å²) in [5.41, 5.74) is 0. The minimum absolute atomic E-state index is 0.326. The molecule has 12 heavy (non-hydrogen) atoms. The minimum Gasteiger partial charge on any atom is -0.356 e. The van der Waals surface area contributed by atoms with Gasteiger partial charge in [-0.2, -0.15) is 0 Å². The summed E-state index contributed by atoms with van der Waals surface area (Å²) in [4.78, 5) is 11.5. The van der Waals surface area contributed by atoms with E-state index in [4.69, 9.17) is 0 Å². The lowest BCUT2D eigenvalue weighted by atomic mass is 10.1. The van der Waals surface area contributed by atoms with Gasteiger partial charge in [0.15, 0.2) is 0 Å². The Morgan fingerprint density at radius 3 is 2.67 bits per heavy atom. The highest BCUT2D eigenvalue weighted by atomic mass is 16.2. The number of nitrogens with one attached hydrogen (secondary N) is 1. The van der Waals surface area contributed by atoms with E-state index < -0.39 is 0 Å². The van der Waals surface area contributed by atoms with Gasteiger partial charge in [-0.05, 0) is 31.1 Å². The molecule has 2 aliphatic carbocycles. The molecule has 0 spiro atoms. The summed E-state index contributed by atoms with van der Waals surface area (Å²) < 4.78 is 0. The molecule has 0 aliphatic heterocycles. The number of hydrogen-bond donors (Lipinski definition) is 1. The van der Waals surface area contributed by atoms with Gasteiger partial charge in [0, 0.05) is 12.5 Å². The van der Waals surface area contributed by atoms with E-state index >= 15 is 0 Å². The molecular weight excluding hydrogens is 150 g/mol. The molecule has 2 atom stereocenters. The molecule has 1 amide bonds. The molecule has 1 N–H and O–H groups in total. The molecule has 2 heteroatoms. The second-order valence-corrected chi connectivity index (χ2v) is 4.08. The predicted octanol–water partition coefficient (Wildman–Crippen LogP) is 1.56. The predicted molar refractivity (Wildman–Crippen MR) is 47.6 cm³/mol. The van der Waals surface area contributed by atoms with Gasteiger partial charge >= 0.3 is 0 Å². The van der Waals surface area contributed by atoms with Crippen LogP contribution in [-0.2, 0) is 4.79 Å². The van der Waals surface area contributed by atoms with E-state index in [1.54, 1.807) is 0 Å². The third-order valence-corrected chi connectivity index (χ3v) is 3.26. The fourth-order valence-corrected chi connectivity index (χ4v) is 2.58. The van der Waals surface area contributed by atoms with Crippen LogP contribution in [0.1, 0.15) is 32.6 Å². The molecular formula is C10H17NO. The lowest BCUT2D eigenvalue weighted by Crippen LogP contribution is -2.27. The second kappa shape index (κ2) is 3.08. The highest BCUT2D eigenvalue weighted by Gasteiger charge is 2.56. The molecule has 0 aromatic rings. The van der Waals surface area contributed by atoms with Crippen LogP contribution in [0.5, 0.6) is 0 Å². The maximum Gasteiger partial charge on any atom is 0.223 e. The first-order valence-corrected chi connectivity index (χ1v) is 5.12. The lowest BCUT2D eigenvalue weighted by molar-refractivity contribution is -0.123. The zero-order valence-electron chi connectivity index (χ0n) is 7.68. The summed E-state index contributed by atoms with van der Waals surface area (Å²) in [6.07, 6.45) is 5.00. The number of amides is 1. The maximum atomic E-state index is 11.5. The third kappa shape index (κ3) is 1.23. The molecule has 2 nitrogen and oxygen atoms in total. The van der Waals surface area contributed by atoms with E-state index in [1.165, 1.54) is 19.3 Å². The molecule has 0 radical (unpaired) electrons. The summed E-state index contributed by atoms with van der Waals surface area (Å²) in [6.45, 7) is 2.95. The Bertz CT molecular complexity index is 180. The van der Waals surface area contributed by atoms with Crippen LogP contribution in [0.4, 0.5) is 0 Å². The largest absolute Gasteiger partial charge is 0.356 e. The summed E-state index contributed by atoms with van der Waals surface area (Å²) in [5.74, 6) is 2.26. The van der Waals surface area contributed by atoms with Gasteiger partial charge in [0.25, 0.3) is 0 Å². The van der Waals surface area contributed by atoms with Crippen LogP contribution in [0, 0.1) is 17.8 Å².